The van der Waals surface area contributed by atoms with E-state index in [1.807, 2.05) is 19.0 Å². The van der Waals surface area contributed by atoms with Gasteiger partial charge in [-0.3, -0.25) is 9.89 Å². The van der Waals surface area contributed by atoms with Crippen molar-refractivity contribution >= 4 is 11.9 Å². The first-order valence-corrected chi connectivity index (χ1v) is 6.02. The monoisotopic (exact) mass is 254 g/mol. The van der Waals surface area contributed by atoms with Gasteiger partial charge >= 0.3 is 0 Å². The normalized spacial score (nSPS) is 11.2. The van der Waals surface area contributed by atoms with Crippen molar-refractivity contribution < 1.29 is 4.79 Å². The molecule has 102 valence electrons. The third kappa shape index (κ3) is 4.33. The summed E-state index contributed by atoms with van der Waals surface area (Å²) in [5.41, 5.74) is 5.41. The number of anilines is 1. The van der Waals surface area contributed by atoms with Crippen LogP contribution in [0.15, 0.2) is 0 Å². The Morgan fingerprint density at radius 1 is 1.39 bits per heavy atom. The smallest absolute Gasteiger partial charge is 0.291 e. The quantitative estimate of drug-likeness (QED) is 0.748. The average Bonchev–Trinajstić information content (AvgIpc) is 2.69. The van der Waals surface area contributed by atoms with Gasteiger partial charge in [-0.15, -0.1) is 5.10 Å². The summed E-state index contributed by atoms with van der Waals surface area (Å²) in [5.74, 6) is 0.536. The minimum Gasteiger partial charge on any atom is -0.366 e. The fourth-order valence-electron chi connectivity index (χ4n) is 1.56. The van der Waals surface area contributed by atoms with Crippen molar-refractivity contribution in [3.05, 3.63) is 5.82 Å². The lowest BCUT2D eigenvalue weighted by Crippen LogP contribution is -2.39. The lowest BCUT2D eigenvalue weighted by molar-refractivity contribution is 0.0713. The number of likely N-dealkylation sites (N-methyl/N-ethyl adjacent to an activating group) is 1. The number of hydrogen-bond acceptors (Lipinski definition) is 5. The van der Waals surface area contributed by atoms with Crippen LogP contribution >= 0.6 is 0 Å². The molecule has 0 radical (unpaired) electrons. The summed E-state index contributed by atoms with van der Waals surface area (Å²) in [6.07, 6.45) is 0. The standard InChI is InChI=1S/C11H22N6O/c1-8(2)7-17(6-5-16(3)4)10(18)9-13-11(12)15-14-9/h8H,5-7H2,1-4H3,(H3,12,13,14,15). The highest BCUT2D eigenvalue weighted by Crippen LogP contribution is 2.05. The first-order chi connectivity index (χ1) is 8.40. The first kappa shape index (κ1) is 14.4. The van der Waals surface area contributed by atoms with Gasteiger partial charge in [0.05, 0.1) is 0 Å². The largest absolute Gasteiger partial charge is 0.366 e. The van der Waals surface area contributed by atoms with E-state index in [1.165, 1.54) is 0 Å². The molecule has 0 fully saturated rings. The number of aromatic nitrogens is 3. The molecule has 0 aliphatic carbocycles. The fourth-order valence-corrected chi connectivity index (χ4v) is 1.56. The van der Waals surface area contributed by atoms with E-state index >= 15 is 0 Å². The summed E-state index contributed by atoms with van der Waals surface area (Å²) in [6, 6.07) is 0. The summed E-state index contributed by atoms with van der Waals surface area (Å²) in [7, 11) is 3.95. The van der Waals surface area contributed by atoms with Gasteiger partial charge < -0.3 is 15.5 Å². The van der Waals surface area contributed by atoms with E-state index in [1.54, 1.807) is 4.90 Å². The lowest BCUT2D eigenvalue weighted by Gasteiger charge is -2.25. The van der Waals surface area contributed by atoms with Gasteiger partial charge in [-0.25, -0.2) is 0 Å². The van der Waals surface area contributed by atoms with Crippen LogP contribution in [0.5, 0.6) is 0 Å². The number of nitrogens with one attached hydrogen (secondary N) is 1. The average molecular weight is 254 g/mol. The summed E-state index contributed by atoms with van der Waals surface area (Å²) < 4.78 is 0. The molecular weight excluding hydrogens is 232 g/mol. The molecule has 7 heteroatoms. The molecule has 0 bridgehead atoms. The number of aromatic amines is 1. The Balaban J connectivity index is 2.72. The maximum atomic E-state index is 12.2. The van der Waals surface area contributed by atoms with E-state index in [-0.39, 0.29) is 17.7 Å². The maximum absolute atomic E-state index is 12.2. The Kier molecular flexibility index (Phi) is 5.08. The van der Waals surface area contributed by atoms with Crippen LogP contribution in [0, 0.1) is 5.92 Å². The van der Waals surface area contributed by atoms with E-state index in [2.05, 4.69) is 29.0 Å². The zero-order valence-electron chi connectivity index (χ0n) is 11.5. The number of nitrogens with zero attached hydrogens (tertiary/aromatic N) is 4. The topological polar surface area (TPSA) is 91.1 Å². The Hall–Kier alpha value is -1.63. The van der Waals surface area contributed by atoms with Crippen molar-refractivity contribution in [3.63, 3.8) is 0 Å². The van der Waals surface area contributed by atoms with Crippen LogP contribution in [0.1, 0.15) is 24.5 Å². The van der Waals surface area contributed by atoms with Gasteiger partial charge in [0.2, 0.25) is 11.8 Å². The van der Waals surface area contributed by atoms with Crippen LogP contribution in [-0.2, 0) is 0 Å². The van der Waals surface area contributed by atoms with Crippen LogP contribution < -0.4 is 5.73 Å². The molecule has 3 N–H and O–H groups in total. The van der Waals surface area contributed by atoms with Crippen molar-refractivity contribution in [1.29, 1.82) is 0 Å². The van der Waals surface area contributed by atoms with Crippen LogP contribution in [0.3, 0.4) is 0 Å². The molecule has 1 rings (SSSR count). The van der Waals surface area contributed by atoms with E-state index in [0.717, 1.165) is 6.54 Å². The molecule has 1 heterocycles. The minimum absolute atomic E-state index is 0.0930. The number of amides is 1. The maximum Gasteiger partial charge on any atom is 0.291 e. The molecule has 0 unspecified atom stereocenters. The molecule has 0 saturated heterocycles. The van der Waals surface area contributed by atoms with Crippen LogP contribution in [-0.4, -0.2) is 64.6 Å². The Labute approximate surface area is 107 Å². The lowest BCUT2D eigenvalue weighted by atomic mass is 10.2. The van der Waals surface area contributed by atoms with Crippen LogP contribution in [0.4, 0.5) is 5.95 Å². The second kappa shape index (κ2) is 6.34. The van der Waals surface area contributed by atoms with Gasteiger partial charge in [0.15, 0.2) is 0 Å². The SMILES string of the molecule is CC(C)CN(CCN(C)C)C(=O)c1nc(N)n[nH]1. The predicted molar refractivity (Wildman–Crippen MR) is 70.1 cm³/mol. The molecular formula is C11H22N6O. The van der Waals surface area contributed by atoms with Crippen molar-refractivity contribution in [1.82, 2.24) is 25.0 Å². The van der Waals surface area contributed by atoms with E-state index in [4.69, 9.17) is 5.73 Å². The van der Waals surface area contributed by atoms with Gasteiger partial charge in [-0.2, -0.15) is 4.98 Å². The number of carbonyl (C=O) groups is 1. The van der Waals surface area contributed by atoms with Crippen molar-refractivity contribution in [2.75, 3.05) is 39.5 Å². The molecule has 0 aliphatic heterocycles. The molecule has 18 heavy (non-hydrogen) atoms. The van der Waals surface area contributed by atoms with Gasteiger partial charge in [0.1, 0.15) is 0 Å². The number of H-pyrrole nitrogens is 1. The highest BCUT2D eigenvalue weighted by Gasteiger charge is 2.20. The van der Waals surface area contributed by atoms with Gasteiger partial charge in [0, 0.05) is 19.6 Å². The van der Waals surface area contributed by atoms with Crippen molar-refractivity contribution in [2.45, 2.75) is 13.8 Å². The summed E-state index contributed by atoms with van der Waals surface area (Å²) in [6.45, 7) is 6.30. The summed E-state index contributed by atoms with van der Waals surface area (Å²) in [5, 5.41) is 6.23. The zero-order valence-corrected chi connectivity index (χ0v) is 11.5. The van der Waals surface area contributed by atoms with Gasteiger partial charge in [-0.1, -0.05) is 13.8 Å². The highest BCUT2D eigenvalue weighted by atomic mass is 16.2. The third-order valence-electron chi connectivity index (χ3n) is 2.40. The molecule has 1 aromatic heterocycles. The summed E-state index contributed by atoms with van der Waals surface area (Å²) >= 11 is 0. The summed E-state index contributed by atoms with van der Waals surface area (Å²) in [4.78, 5) is 19.9. The van der Waals surface area contributed by atoms with Crippen LogP contribution in [0.2, 0.25) is 0 Å². The van der Waals surface area contributed by atoms with Gasteiger partial charge in [-0.05, 0) is 20.0 Å². The molecule has 0 saturated carbocycles. The van der Waals surface area contributed by atoms with E-state index < -0.39 is 0 Å². The molecule has 0 atom stereocenters. The molecule has 7 nitrogen and oxygen atoms in total. The minimum atomic E-state index is -0.158. The number of nitrogen functional groups attached to an aromatic ring is 1. The zero-order chi connectivity index (χ0) is 13.7. The third-order valence-corrected chi connectivity index (χ3v) is 2.40. The highest BCUT2D eigenvalue weighted by molar-refractivity contribution is 5.90. The Bertz CT molecular complexity index is 387. The van der Waals surface area contributed by atoms with Crippen molar-refractivity contribution in [3.8, 4) is 0 Å². The van der Waals surface area contributed by atoms with Crippen molar-refractivity contribution in [2.24, 2.45) is 5.92 Å². The predicted octanol–water partition coefficient (Wildman–Crippen LogP) is 0.0467. The van der Waals surface area contributed by atoms with Crippen LogP contribution in [0.25, 0.3) is 0 Å². The first-order valence-electron chi connectivity index (χ1n) is 6.02. The fraction of sp³-hybridized carbons (Fsp3) is 0.727. The molecule has 0 aromatic carbocycles. The Morgan fingerprint density at radius 3 is 2.50 bits per heavy atom. The molecule has 1 aromatic rings. The second-order valence-electron chi connectivity index (χ2n) is 4.99. The van der Waals surface area contributed by atoms with E-state index in [0.29, 0.717) is 19.0 Å². The molecule has 1 amide bonds. The second-order valence-corrected chi connectivity index (χ2v) is 4.99. The number of carbonyl (C=O) groups excluding carboxylic acids is 1. The number of rotatable bonds is 6. The molecule has 0 aliphatic rings. The van der Waals surface area contributed by atoms with E-state index in [9.17, 15) is 4.79 Å². The molecule has 0 spiro atoms. The Morgan fingerprint density at radius 2 is 2.06 bits per heavy atom. The van der Waals surface area contributed by atoms with Gasteiger partial charge in [0.25, 0.3) is 5.91 Å². The number of hydrogen-bond donors (Lipinski definition) is 2. The number of nitrogens with two attached hydrogens (primary N) is 1.